The van der Waals surface area contributed by atoms with Crippen LogP contribution in [0, 0.1) is 13.8 Å². The number of aryl methyl sites for hydroxylation is 2. The summed E-state index contributed by atoms with van der Waals surface area (Å²) in [7, 11) is 0. The Bertz CT molecular complexity index is 621. The molecule has 3 nitrogen and oxygen atoms in total. The van der Waals surface area contributed by atoms with Crippen LogP contribution in [0.4, 0.5) is 5.82 Å². The summed E-state index contributed by atoms with van der Waals surface area (Å²) >= 11 is 0. The fourth-order valence-corrected chi connectivity index (χ4v) is 2.69. The van der Waals surface area contributed by atoms with Gasteiger partial charge in [-0.1, -0.05) is 37.6 Å². The molecular formula is C17H25N3. The van der Waals surface area contributed by atoms with Gasteiger partial charge >= 0.3 is 0 Å². The van der Waals surface area contributed by atoms with E-state index in [1.54, 1.807) is 0 Å². The third kappa shape index (κ3) is 2.45. The Balaban J connectivity index is 2.66. The van der Waals surface area contributed by atoms with E-state index in [1.165, 1.54) is 11.1 Å². The molecule has 0 spiro atoms. The van der Waals surface area contributed by atoms with Gasteiger partial charge < -0.3 is 10.3 Å². The van der Waals surface area contributed by atoms with Crippen molar-refractivity contribution in [2.45, 2.75) is 53.5 Å². The first-order valence-electron chi connectivity index (χ1n) is 7.28. The van der Waals surface area contributed by atoms with Gasteiger partial charge in [-0.25, -0.2) is 4.98 Å². The summed E-state index contributed by atoms with van der Waals surface area (Å²) in [4.78, 5) is 4.83. The van der Waals surface area contributed by atoms with E-state index < -0.39 is 0 Å². The monoisotopic (exact) mass is 271 g/mol. The molecule has 0 saturated carbocycles. The zero-order valence-corrected chi connectivity index (χ0v) is 13.4. The molecule has 0 bridgehead atoms. The highest BCUT2D eigenvalue weighted by atomic mass is 15.2. The Morgan fingerprint density at radius 1 is 1.10 bits per heavy atom. The molecule has 0 aliphatic rings. The molecule has 3 heteroatoms. The molecule has 0 amide bonds. The summed E-state index contributed by atoms with van der Waals surface area (Å²) < 4.78 is 2.15. The van der Waals surface area contributed by atoms with Gasteiger partial charge in [-0.2, -0.15) is 0 Å². The molecule has 2 N–H and O–H groups in total. The van der Waals surface area contributed by atoms with Crippen LogP contribution in [0.3, 0.4) is 0 Å². The molecule has 1 heterocycles. The maximum atomic E-state index is 6.38. The molecule has 1 aromatic carbocycles. The third-order valence-electron chi connectivity index (χ3n) is 3.65. The Morgan fingerprint density at radius 2 is 1.75 bits per heavy atom. The number of aromatic nitrogens is 2. The summed E-state index contributed by atoms with van der Waals surface area (Å²) in [5.74, 6) is 2.20. The quantitative estimate of drug-likeness (QED) is 0.896. The van der Waals surface area contributed by atoms with Crippen LogP contribution >= 0.6 is 0 Å². The van der Waals surface area contributed by atoms with Crippen molar-refractivity contribution in [1.29, 1.82) is 0 Å². The van der Waals surface area contributed by atoms with Gasteiger partial charge in [0.1, 0.15) is 17.3 Å². The zero-order valence-electron chi connectivity index (χ0n) is 13.4. The van der Waals surface area contributed by atoms with Gasteiger partial charge in [0.25, 0.3) is 0 Å². The summed E-state index contributed by atoms with van der Waals surface area (Å²) in [5.41, 5.74) is 10.9. The van der Waals surface area contributed by atoms with Crippen LogP contribution in [0.15, 0.2) is 18.2 Å². The lowest BCUT2D eigenvalue weighted by atomic mass is 10.0. The number of nitrogens with zero attached hydrogens (tertiary/aromatic N) is 2. The maximum absolute atomic E-state index is 6.38. The minimum atomic E-state index is 0.319. The molecule has 0 unspecified atom stereocenters. The van der Waals surface area contributed by atoms with E-state index in [2.05, 4.69) is 64.3 Å². The fourth-order valence-electron chi connectivity index (χ4n) is 2.69. The van der Waals surface area contributed by atoms with Gasteiger partial charge in [-0.05, 0) is 33.3 Å². The smallest absolute Gasteiger partial charge is 0.131 e. The molecule has 0 atom stereocenters. The number of rotatable bonds is 3. The summed E-state index contributed by atoms with van der Waals surface area (Å²) in [5, 5.41) is 0. The van der Waals surface area contributed by atoms with E-state index >= 15 is 0 Å². The number of hydrogen-bond acceptors (Lipinski definition) is 2. The normalized spacial score (nSPS) is 11.6. The highest BCUT2D eigenvalue weighted by molar-refractivity contribution is 5.74. The minimum Gasteiger partial charge on any atom is -0.383 e. The Morgan fingerprint density at radius 3 is 2.20 bits per heavy atom. The Labute approximate surface area is 121 Å². The van der Waals surface area contributed by atoms with Gasteiger partial charge in [0.2, 0.25) is 0 Å². The fraction of sp³-hybridized carbons (Fsp3) is 0.471. The lowest BCUT2D eigenvalue weighted by Gasteiger charge is -2.15. The van der Waals surface area contributed by atoms with E-state index in [0.29, 0.717) is 12.0 Å². The minimum absolute atomic E-state index is 0.319. The number of nitrogen functional groups attached to an aromatic ring is 1. The molecule has 0 fully saturated rings. The van der Waals surface area contributed by atoms with Gasteiger partial charge in [0.05, 0.1) is 0 Å². The Hall–Kier alpha value is -1.77. The lowest BCUT2D eigenvalue weighted by Crippen LogP contribution is -2.10. The first-order chi connectivity index (χ1) is 9.32. The van der Waals surface area contributed by atoms with Crippen molar-refractivity contribution in [3.8, 4) is 11.3 Å². The first-order valence-corrected chi connectivity index (χ1v) is 7.28. The van der Waals surface area contributed by atoms with Crippen molar-refractivity contribution in [2.75, 3.05) is 5.73 Å². The van der Waals surface area contributed by atoms with Crippen molar-refractivity contribution in [3.05, 3.63) is 35.2 Å². The summed E-state index contributed by atoms with van der Waals surface area (Å²) in [6.07, 6.45) is 0. The maximum Gasteiger partial charge on any atom is 0.131 e. The second-order valence-electron chi connectivity index (χ2n) is 6.14. The van der Waals surface area contributed by atoms with Crippen molar-refractivity contribution in [1.82, 2.24) is 9.55 Å². The SMILES string of the molecule is Cc1ccc(-c2nc(C(C)C)n(C(C)C)c2N)c(C)c1. The predicted octanol–water partition coefficient (Wildman–Crippen LogP) is 4.45. The van der Waals surface area contributed by atoms with Crippen molar-refractivity contribution in [3.63, 3.8) is 0 Å². The van der Waals surface area contributed by atoms with Crippen LogP contribution in [0.25, 0.3) is 11.3 Å². The molecule has 0 aliphatic heterocycles. The predicted molar refractivity (Wildman–Crippen MR) is 86.0 cm³/mol. The van der Waals surface area contributed by atoms with Crippen LogP contribution in [0.2, 0.25) is 0 Å². The average Bonchev–Trinajstić information content (AvgIpc) is 2.67. The van der Waals surface area contributed by atoms with Crippen LogP contribution in [0.1, 0.15) is 56.6 Å². The molecule has 0 aliphatic carbocycles. The van der Waals surface area contributed by atoms with Crippen molar-refractivity contribution in [2.24, 2.45) is 0 Å². The van der Waals surface area contributed by atoms with Crippen LogP contribution in [0.5, 0.6) is 0 Å². The molecule has 20 heavy (non-hydrogen) atoms. The number of benzene rings is 1. The molecule has 2 aromatic rings. The van der Waals surface area contributed by atoms with Gasteiger partial charge in [0.15, 0.2) is 0 Å². The number of anilines is 1. The van der Waals surface area contributed by atoms with E-state index in [9.17, 15) is 0 Å². The van der Waals surface area contributed by atoms with Crippen LogP contribution < -0.4 is 5.73 Å². The van der Waals surface area contributed by atoms with Crippen molar-refractivity contribution < 1.29 is 0 Å². The largest absolute Gasteiger partial charge is 0.383 e. The van der Waals surface area contributed by atoms with Gasteiger partial charge in [0, 0.05) is 17.5 Å². The lowest BCUT2D eigenvalue weighted by molar-refractivity contribution is 0.556. The van der Waals surface area contributed by atoms with E-state index in [4.69, 9.17) is 10.7 Å². The second kappa shape index (κ2) is 5.31. The molecule has 0 saturated heterocycles. The number of hydrogen-bond donors (Lipinski definition) is 1. The molecule has 1 aromatic heterocycles. The molecule has 0 radical (unpaired) electrons. The van der Waals surface area contributed by atoms with Gasteiger partial charge in [-0.15, -0.1) is 0 Å². The number of imidazole rings is 1. The average molecular weight is 271 g/mol. The second-order valence-corrected chi connectivity index (χ2v) is 6.14. The highest BCUT2D eigenvalue weighted by Gasteiger charge is 2.20. The Kier molecular flexibility index (Phi) is 3.89. The standard InChI is InChI=1S/C17H25N3/c1-10(2)17-19-15(16(18)20(17)11(3)4)14-8-7-12(5)9-13(14)6/h7-11H,18H2,1-6H3. The van der Waals surface area contributed by atoms with E-state index in [1.807, 2.05) is 0 Å². The summed E-state index contributed by atoms with van der Waals surface area (Å²) in [6.45, 7) is 12.8. The molecule has 2 rings (SSSR count). The summed E-state index contributed by atoms with van der Waals surface area (Å²) in [6, 6.07) is 6.74. The zero-order chi connectivity index (χ0) is 15.0. The topological polar surface area (TPSA) is 43.8 Å². The van der Waals surface area contributed by atoms with Crippen molar-refractivity contribution >= 4 is 5.82 Å². The molecule has 108 valence electrons. The van der Waals surface area contributed by atoms with Gasteiger partial charge in [-0.3, -0.25) is 0 Å². The van der Waals surface area contributed by atoms with Crippen LogP contribution in [-0.2, 0) is 0 Å². The van der Waals surface area contributed by atoms with E-state index in [0.717, 1.165) is 22.9 Å². The van der Waals surface area contributed by atoms with E-state index in [-0.39, 0.29) is 0 Å². The molecular weight excluding hydrogens is 246 g/mol. The number of nitrogens with two attached hydrogens (primary N) is 1. The highest BCUT2D eigenvalue weighted by Crippen LogP contribution is 2.33. The third-order valence-corrected chi connectivity index (χ3v) is 3.65. The van der Waals surface area contributed by atoms with Crippen LogP contribution in [-0.4, -0.2) is 9.55 Å². The first kappa shape index (κ1) is 14.6.